The number of nitrogens with one attached hydrogen (secondary N) is 1. The van der Waals surface area contributed by atoms with Crippen LogP contribution in [0.5, 0.6) is 0 Å². The van der Waals surface area contributed by atoms with Crippen LogP contribution in [0.15, 0.2) is 53.7 Å². The summed E-state index contributed by atoms with van der Waals surface area (Å²) in [5.41, 5.74) is 0.375. The number of rotatable bonds is 5. The summed E-state index contributed by atoms with van der Waals surface area (Å²) in [6, 6.07) is 7.38. The molecule has 3 aromatic rings. The molecular weight excluding hydrogens is 353 g/mol. The van der Waals surface area contributed by atoms with Crippen LogP contribution in [0.2, 0.25) is 0 Å². The highest BCUT2D eigenvalue weighted by Gasteiger charge is 2.20. The first-order valence-corrected chi connectivity index (χ1v) is 8.24. The summed E-state index contributed by atoms with van der Waals surface area (Å²) in [4.78, 5) is 23.7. The Hall–Kier alpha value is -3.49. The van der Waals surface area contributed by atoms with Gasteiger partial charge in [0.25, 0.3) is 0 Å². The van der Waals surface area contributed by atoms with Crippen LogP contribution < -0.4 is 10.7 Å². The lowest BCUT2D eigenvalue weighted by Crippen LogP contribution is -2.18. The van der Waals surface area contributed by atoms with E-state index in [2.05, 4.69) is 15.5 Å². The van der Waals surface area contributed by atoms with Crippen LogP contribution in [0.4, 0.5) is 14.9 Å². The second-order valence-electron chi connectivity index (χ2n) is 5.72. The Bertz CT molecular complexity index is 1010. The number of hydrogen-bond acceptors (Lipinski definition) is 5. The van der Waals surface area contributed by atoms with E-state index in [-0.39, 0.29) is 17.9 Å². The van der Waals surface area contributed by atoms with Crippen LogP contribution in [0.25, 0.3) is 5.69 Å². The fraction of sp³-hybridized carbons (Fsp3) is 0.222. The fourth-order valence-electron chi connectivity index (χ4n) is 2.49. The highest BCUT2D eigenvalue weighted by atomic mass is 19.1. The van der Waals surface area contributed by atoms with Crippen molar-refractivity contribution < 1.29 is 13.9 Å². The normalized spacial score (nSPS) is 11.8. The third-order valence-corrected chi connectivity index (χ3v) is 3.73. The first-order valence-electron chi connectivity index (χ1n) is 8.24. The predicted molar refractivity (Wildman–Crippen MR) is 96.6 cm³/mol. The van der Waals surface area contributed by atoms with Gasteiger partial charge in [-0.1, -0.05) is 12.1 Å². The van der Waals surface area contributed by atoms with Gasteiger partial charge in [-0.25, -0.2) is 13.9 Å². The van der Waals surface area contributed by atoms with Gasteiger partial charge in [-0.15, -0.1) is 0 Å². The van der Waals surface area contributed by atoms with Gasteiger partial charge in [0, 0.05) is 25.0 Å². The molecule has 1 N–H and O–H groups in total. The number of anilines is 1. The molecule has 27 heavy (non-hydrogen) atoms. The summed E-state index contributed by atoms with van der Waals surface area (Å²) in [6.07, 6.45) is 2.30. The second-order valence-corrected chi connectivity index (χ2v) is 5.72. The highest BCUT2D eigenvalue weighted by molar-refractivity contribution is 5.84. The predicted octanol–water partition coefficient (Wildman–Crippen LogP) is 2.59. The standard InChI is InChI=1S/C18H18FN5O3/c1-3-27-18(26)21-13-6-4-5-12(9-13)16(19)17-15(25)7-8-24(22-17)14-10-20-23(2)11-14/h4-11,16H,3H2,1-2H3,(H,21,26). The maximum Gasteiger partial charge on any atom is 0.411 e. The molecule has 0 fully saturated rings. The Morgan fingerprint density at radius 1 is 1.37 bits per heavy atom. The van der Waals surface area contributed by atoms with E-state index in [9.17, 15) is 9.59 Å². The number of benzene rings is 1. The zero-order valence-corrected chi connectivity index (χ0v) is 14.8. The molecule has 0 aliphatic rings. The molecule has 0 radical (unpaired) electrons. The number of carbonyl (C=O) groups excluding carboxylic acids is 1. The molecule has 2 aromatic heterocycles. The fourth-order valence-corrected chi connectivity index (χ4v) is 2.49. The van der Waals surface area contributed by atoms with E-state index in [1.54, 1.807) is 43.2 Å². The van der Waals surface area contributed by atoms with Gasteiger partial charge in [-0.2, -0.15) is 10.2 Å². The van der Waals surface area contributed by atoms with Crippen molar-refractivity contribution in [3.63, 3.8) is 0 Å². The Labute approximate surface area is 154 Å². The molecule has 0 saturated carbocycles. The van der Waals surface area contributed by atoms with Crippen LogP contribution in [-0.2, 0) is 11.8 Å². The van der Waals surface area contributed by atoms with E-state index in [0.29, 0.717) is 11.4 Å². The van der Waals surface area contributed by atoms with E-state index in [1.807, 2.05) is 0 Å². The Kier molecular flexibility index (Phi) is 5.30. The van der Waals surface area contributed by atoms with Crippen molar-refractivity contribution in [3.8, 4) is 5.69 Å². The Morgan fingerprint density at radius 2 is 2.19 bits per heavy atom. The van der Waals surface area contributed by atoms with E-state index >= 15 is 4.39 Å². The lowest BCUT2D eigenvalue weighted by molar-refractivity contribution is 0.168. The number of halogens is 1. The minimum absolute atomic E-state index is 0.192. The van der Waals surface area contributed by atoms with E-state index in [1.165, 1.54) is 29.1 Å². The van der Waals surface area contributed by atoms with Crippen LogP contribution in [0.1, 0.15) is 24.4 Å². The highest BCUT2D eigenvalue weighted by Crippen LogP contribution is 2.25. The van der Waals surface area contributed by atoms with Crippen LogP contribution in [0.3, 0.4) is 0 Å². The first-order chi connectivity index (χ1) is 13.0. The van der Waals surface area contributed by atoms with Gasteiger partial charge in [-0.05, 0) is 24.6 Å². The smallest absolute Gasteiger partial charge is 0.411 e. The van der Waals surface area contributed by atoms with E-state index in [4.69, 9.17) is 4.74 Å². The number of aromatic nitrogens is 4. The molecule has 1 aromatic carbocycles. The van der Waals surface area contributed by atoms with Gasteiger partial charge in [-0.3, -0.25) is 14.8 Å². The summed E-state index contributed by atoms with van der Waals surface area (Å²) in [7, 11) is 1.74. The largest absolute Gasteiger partial charge is 0.450 e. The zero-order chi connectivity index (χ0) is 19.4. The molecule has 140 valence electrons. The van der Waals surface area contributed by atoms with Crippen LogP contribution in [-0.4, -0.2) is 32.3 Å². The summed E-state index contributed by atoms with van der Waals surface area (Å²) >= 11 is 0. The van der Waals surface area contributed by atoms with Gasteiger partial charge in [0.15, 0.2) is 6.17 Å². The lowest BCUT2D eigenvalue weighted by Gasteiger charge is -2.11. The zero-order valence-electron chi connectivity index (χ0n) is 14.8. The van der Waals surface area contributed by atoms with E-state index < -0.39 is 17.7 Å². The quantitative estimate of drug-likeness (QED) is 0.744. The van der Waals surface area contributed by atoms with Gasteiger partial charge >= 0.3 is 6.09 Å². The summed E-state index contributed by atoms with van der Waals surface area (Å²) in [5, 5.41) is 10.7. The van der Waals surface area contributed by atoms with Gasteiger partial charge in [0.1, 0.15) is 11.4 Å². The number of amides is 1. The van der Waals surface area contributed by atoms with Crippen molar-refractivity contribution in [3.05, 3.63) is 70.4 Å². The van der Waals surface area contributed by atoms with Crippen molar-refractivity contribution in [1.29, 1.82) is 0 Å². The monoisotopic (exact) mass is 371 g/mol. The van der Waals surface area contributed by atoms with Crippen LogP contribution >= 0.6 is 0 Å². The van der Waals surface area contributed by atoms with Crippen molar-refractivity contribution in [1.82, 2.24) is 19.6 Å². The molecular formula is C18H18FN5O3. The molecule has 0 spiro atoms. The number of ether oxygens (including phenoxy) is 1. The molecule has 0 bridgehead atoms. The van der Waals surface area contributed by atoms with Gasteiger partial charge < -0.3 is 4.74 Å². The molecule has 0 aliphatic carbocycles. The Morgan fingerprint density at radius 3 is 2.89 bits per heavy atom. The minimum Gasteiger partial charge on any atom is -0.450 e. The third-order valence-electron chi connectivity index (χ3n) is 3.73. The summed E-state index contributed by atoms with van der Waals surface area (Å²) in [5.74, 6) is 0. The van der Waals surface area contributed by atoms with Gasteiger partial charge in [0.05, 0.1) is 19.0 Å². The molecule has 0 aliphatic heterocycles. The molecule has 1 unspecified atom stereocenters. The maximum atomic E-state index is 15.1. The maximum absolute atomic E-state index is 15.1. The summed E-state index contributed by atoms with van der Waals surface area (Å²) in [6.45, 7) is 1.90. The molecule has 0 saturated heterocycles. The molecule has 2 heterocycles. The summed E-state index contributed by atoms with van der Waals surface area (Å²) < 4.78 is 22.8. The number of alkyl halides is 1. The number of carbonyl (C=O) groups is 1. The molecule has 1 atom stereocenters. The van der Waals surface area contributed by atoms with Crippen molar-refractivity contribution in [2.75, 3.05) is 11.9 Å². The SMILES string of the molecule is CCOC(=O)Nc1cccc(C(F)c2nn(-c3cnn(C)c3)ccc2=O)c1. The van der Waals surface area contributed by atoms with Crippen molar-refractivity contribution in [2.24, 2.45) is 7.05 Å². The second kappa shape index (κ2) is 7.81. The Balaban J connectivity index is 1.90. The van der Waals surface area contributed by atoms with Gasteiger partial charge in [0.2, 0.25) is 5.43 Å². The molecule has 3 rings (SSSR count). The van der Waals surface area contributed by atoms with Crippen LogP contribution in [0, 0.1) is 0 Å². The number of aryl methyl sites for hydroxylation is 1. The molecule has 1 amide bonds. The number of nitrogens with zero attached hydrogens (tertiary/aromatic N) is 4. The van der Waals surface area contributed by atoms with Crippen molar-refractivity contribution in [2.45, 2.75) is 13.1 Å². The molecule has 9 heteroatoms. The van der Waals surface area contributed by atoms with E-state index in [0.717, 1.165) is 0 Å². The topological polar surface area (TPSA) is 91.0 Å². The third kappa shape index (κ3) is 4.20. The van der Waals surface area contributed by atoms with Crippen molar-refractivity contribution >= 4 is 11.8 Å². The average molecular weight is 371 g/mol. The minimum atomic E-state index is -1.76. The molecule has 8 nitrogen and oxygen atoms in total. The average Bonchev–Trinajstić information content (AvgIpc) is 3.08. The lowest BCUT2D eigenvalue weighted by atomic mass is 10.1. The first kappa shape index (κ1) is 18.3. The number of hydrogen-bond donors (Lipinski definition) is 1.